The number of hydrogen-bond acceptors (Lipinski definition) is 5. The summed E-state index contributed by atoms with van der Waals surface area (Å²) >= 11 is 4.59. The maximum absolute atomic E-state index is 12.2. The summed E-state index contributed by atoms with van der Waals surface area (Å²) in [6.45, 7) is -2.40. The highest BCUT2D eigenvalue weighted by Crippen LogP contribution is 2.27. The van der Waals surface area contributed by atoms with Crippen LogP contribution in [-0.2, 0) is 11.3 Å². The van der Waals surface area contributed by atoms with Crippen LogP contribution in [0.3, 0.4) is 0 Å². The number of benzene rings is 1. The van der Waals surface area contributed by atoms with E-state index in [-0.39, 0.29) is 18.1 Å². The Kier molecular flexibility index (Phi) is 5.94. The van der Waals surface area contributed by atoms with Gasteiger partial charge < -0.3 is 10.1 Å². The number of amides is 1. The number of carbonyl (C=O) groups excluding carboxylic acids is 1. The number of nitrogens with zero attached hydrogens (tertiary/aromatic N) is 3. The number of aromatic nitrogens is 3. The van der Waals surface area contributed by atoms with Gasteiger partial charge in [-0.05, 0) is 40.2 Å². The van der Waals surface area contributed by atoms with E-state index < -0.39 is 6.61 Å². The Morgan fingerprint density at radius 2 is 2.12 bits per heavy atom. The van der Waals surface area contributed by atoms with Gasteiger partial charge in [0.05, 0.1) is 16.4 Å². The van der Waals surface area contributed by atoms with E-state index in [4.69, 9.17) is 0 Å². The van der Waals surface area contributed by atoms with Crippen molar-refractivity contribution in [3.05, 3.63) is 46.5 Å². The highest BCUT2D eigenvalue weighted by Gasteiger charge is 2.10. The van der Waals surface area contributed by atoms with Gasteiger partial charge in [0.25, 0.3) is 0 Å². The summed E-state index contributed by atoms with van der Waals surface area (Å²) in [6.07, 6.45) is 3.71. The normalized spacial score (nSPS) is 10.9. The highest BCUT2D eigenvalue weighted by atomic mass is 79.9. The van der Waals surface area contributed by atoms with Gasteiger partial charge in [-0.25, -0.2) is 4.98 Å². The summed E-state index contributed by atoms with van der Waals surface area (Å²) in [6, 6.07) is 6.16. The van der Waals surface area contributed by atoms with Crippen LogP contribution >= 0.6 is 27.3 Å². The van der Waals surface area contributed by atoms with Crippen molar-refractivity contribution in [1.82, 2.24) is 14.8 Å². The number of hydrogen-bond donors (Lipinski definition) is 1. The molecular weight excluding hydrogens is 430 g/mol. The van der Waals surface area contributed by atoms with Crippen LogP contribution in [0.25, 0.3) is 11.3 Å². The Hall–Kier alpha value is -2.33. The quantitative estimate of drug-likeness (QED) is 0.588. The van der Waals surface area contributed by atoms with Crippen molar-refractivity contribution in [3.8, 4) is 17.0 Å². The Labute approximate surface area is 159 Å². The van der Waals surface area contributed by atoms with E-state index >= 15 is 0 Å². The van der Waals surface area contributed by atoms with E-state index in [1.54, 1.807) is 34.6 Å². The largest absolute Gasteiger partial charge is 0.435 e. The summed E-state index contributed by atoms with van der Waals surface area (Å²) in [5.41, 5.74) is 1.38. The molecule has 2 aromatic heterocycles. The molecule has 0 saturated carbocycles. The van der Waals surface area contributed by atoms with E-state index in [1.165, 1.54) is 23.5 Å². The van der Waals surface area contributed by atoms with Crippen LogP contribution in [0.15, 0.2) is 46.5 Å². The minimum Gasteiger partial charge on any atom is -0.435 e. The minimum absolute atomic E-state index is 0.0813. The molecule has 3 rings (SSSR count). The molecule has 0 unspecified atom stereocenters. The molecule has 0 fully saturated rings. The van der Waals surface area contributed by atoms with Gasteiger partial charge in [0.2, 0.25) is 5.91 Å². The number of alkyl halides is 2. The molecule has 0 aliphatic carbocycles. The Bertz CT molecular complexity index is 883. The molecule has 26 heavy (non-hydrogen) atoms. The first kappa shape index (κ1) is 18.5. The number of aryl methyl sites for hydroxylation is 1. The van der Waals surface area contributed by atoms with Crippen LogP contribution in [0.2, 0.25) is 0 Å². The standard InChI is InChI=1S/C16H13BrF2N4O2S/c17-11-7-20-23(8-11)6-5-14(24)22-16-21-13(9-26-16)10-1-3-12(4-2-10)25-15(18)19/h1-4,7-9,15H,5-6H2,(H,21,22,24). The van der Waals surface area contributed by atoms with Gasteiger partial charge in [-0.2, -0.15) is 13.9 Å². The van der Waals surface area contributed by atoms with Gasteiger partial charge in [-0.1, -0.05) is 0 Å². The maximum Gasteiger partial charge on any atom is 0.387 e. The molecule has 0 spiro atoms. The van der Waals surface area contributed by atoms with Crippen molar-refractivity contribution >= 4 is 38.3 Å². The van der Waals surface area contributed by atoms with Gasteiger partial charge in [0, 0.05) is 30.1 Å². The number of carbonyl (C=O) groups is 1. The number of halogens is 3. The third kappa shape index (κ3) is 5.09. The van der Waals surface area contributed by atoms with Crippen LogP contribution in [0.5, 0.6) is 5.75 Å². The topological polar surface area (TPSA) is 69.0 Å². The SMILES string of the molecule is O=C(CCn1cc(Br)cn1)Nc1nc(-c2ccc(OC(F)F)cc2)cs1. The lowest BCUT2D eigenvalue weighted by atomic mass is 10.2. The number of ether oxygens (including phenoxy) is 1. The van der Waals surface area contributed by atoms with Crippen molar-refractivity contribution in [2.45, 2.75) is 19.6 Å². The van der Waals surface area contributed by atoms with E-state index in [9.17, 15) is 13.6 Å². The summed E-state index contributed by atoms with van der Waals surface area (Å²) in [7, 11) is 0. The lowest BCUT2D eigenvalue weighted by molar-refractivity contribution is -0.116. The molecule has 136 valence electrons. The highest BCUT2D eigenvalue weighted by molar-refractivity contribution is 9.10. The Balaban J connectivity index is 1.56. The summed E-state index contributed by atoms with van der Waals surface area (Å²) in [5, 5.41) is 9.07. The van der Waals surface area contributed by atoms with Gasteiger partial charge in [-0.3, -0.25) is 9.48 Å². The van der Waals surface area contributed by atoms with Gasteiger partial charge in [-0.15, -0.1) is 11.3 Å². The molecule has 0 saturated heterocycles. The monoisotopic (exact) mass is 442 g/mol. The molecule has 0 aliphatic rings. The molecule has 3 aromatic rings. The molecule has 0 atom stereocenters. The second-order valence-corrected chi connectivity index (χ2v) is 6.93. The first-order chi connectivity index (χ1) is 12.5. The van der Waals surface area contributed by atoms with Crippen LogP contribution in [0, 0.1) is 0 Å². The molecule has 1 amide bonds. The fourth-order valence-electron chi connectivity index (χ4n) is 2.13. The third-order valence-corrected chi connectivity index (χ3v) is 4.46. The van der Waals surface area contributed by atoms with Crippen molar-refractivity contribution in [2.75, 3.05) is 5.32 Å². The van der Waals surface area contributed by atoms with Crippen LogP contribution in [0.1, 0.15) is 6.42 Å². The lowest BCUT2D eigenvalue weighted by Crippen LogP contribution is -2.14. The second kappa shape index (κ2) is 8.37. The molecule has 6 nitrogen and oxygen atoms in total. The van der Waals surface area contributed by atoms with Crippen LogP contribution in [-0.4, -0.2) is 27.3 Å². The first-order valence-corrected chi connectivity index (χ1v) is 9.15. The number of rotatable bonds is 7. The summed E-state index contributed by atoms with van der Waals surface area (Å²) in [5.74, 6) is -0.0871. The van der Waals surface area contributed by atoms with Gasteiger partial charge in [0.1, 0.15) is 5.75 Å². The van der Waals surface area contributed by atoms with Crippen LogP contribution < -0.4 is 10.1 Å². The van der Waals surface area contributed by atoms with Crippen molar-refractivity contribution in [1.29, 1.82) is 0 Å². The molecule has 0 radical (unpaired) electrons. The predicted octanol–water partition coefficient (Wildman–Crippen LogP) is 4.40. The summed E-state index contributed by atoms with van der Waals surface area (Å²) < 4.78 is 31.2. The van der Waals surface area contributed by atoms with E-state index in [0.717, 1.165) is 10.0 Å². The zero-order chi connectivity index (χ0) is 18.5. The minimum atomic E-state index is -2.86. The van der Waals surface area contributed by atoms with E-state index in [0.29, 0.717) is 17.4 Å². The number of thiazole rings is 1. The Morgan fingerprint density at radius 1 is 1.35 bits per heavy atom. The average molecular weight is 443 g/mol. The average Bonchev–Trinajstić information content (AvgIpc) is 3.22. The van der Waals surface area contributed by atoms with Crippen molar-refractivity contribution in [3.63, 3.8) is 0 Å². The molecule has 10 heteroatoms. The number of anilines is 1. The van der Waals surface area contributed by atoms with E-state index in [2.05, 4.69) is 36.1 Å². The fraction of sp³-hybridized carbons (Fsp3) is 0.188. The molecule has 0 aliphatic heterocycles. The van der Waals surface area contributed by atoms with Crippen molar-refractivity contribution in [2.24, 2.45) is 0 Å². The summed E-state index contributed by atoms with van der Waals surface area (Å²) in [4.78, 5) is 16.3. The number of nitrogens with one attached hydrogen (secondary N) is 1. The predicted molar refractivity (Wildman–Crippen MR) is 97.4 cm³/mol. The van der Waals surface area contributed by atoms with Gasteiger partial charge >= 0.3 is 6.61 Å². The molecule has 2 heterocycles. The van der Waals surface area contributed by atoms with Gasteiger partial charge in [0.15, 0.2) is 5.13 Å². The van der Waals surface area contributed by atoms with Crippen molar-refractivity contribution < 1.29 is 18.3 Å². The van der Waals surface area contributed by atoms with Crippen LogP contribution in [0.4, 0.5) is 13.9 Å². The smallest absolute Gasteiger partial charge is 0.387 e. The Morgan fingerprint density at radius 3 is 2.77 bits per heavy atom. The lowest BCUT2D eigenvalue weighted by Gasteiger charge is -2.04. The van der Waals surface area contributed by atoms with E-state index in [1.807, 2.05) is 0 Å². The first-order valence-electron chi connectivity index (χ1n) is 7.48. The second-order valence-electron chi connectivity index (χ2n) is 5.16. The zero-order valence-electron chi connectivity index (χ0n) is 13.2. The molecule has 1 aromatic carbocycles. The maximum atomic E-state index is 12.2. The molecule has 0 bridgehead atoms. The fourth-order valence-corrected chi connectivity index (χ4v) is 3.19. The third-order valence-electron chi connectivity index (χ3n) is 3.30. The molecular formula is C16H13BrF2N4O2S. The zero-order valence-corrected chi connectivity index (χ0v) is 15.6. The molecule has 1 N–H and O–H groups in total.